The van der Waals surface area contributed by atoms with E-state index < -0.39 is 11.8 Å². The summed E-state index contributed by atoms with van der Waals surface area (Å²) in [5, 5.41) is 11.3. The van der Waals surface area contributed by atoms with E-state index in [2.05, 4.69) is 28.4 Å². The number of nitrogen functional groups attached to an aromatic ring is 1. The summed E-state index contributed by atoms with van der Waals surface area (Å²) in [6.45, 7) is 4.35. The number of benzene rings is 2. The molecule has 4 aromatic rings. The number of aromatic nitrogens is 3. The summed E-state index contributed by atoms with van der Waals surface area (Å²) < 4.78 is 23.5. The van der Waals surface area contributed by atoms with Crippen molar-refractivity contribution in [3.8, 4) is 34.5 Å². The van der Waals surface area contributed by atoms with Gasteiger partial charge in [-0.25, -0.2) is 14.4 Å². The van der Waals surface area contributed by atoms with Crippen molar-refractivity contribution in [1.82, 2.24) is 24.3 Å². The number of hydrogen-bond acceptors (Lipinski definition) is 7. The lowest BCUT2D eigenvalue weighted by Gasteiger charge is -2.49. The number of amides is 1. The standard InChI is InChI=1S/C32H31FN6O3/c1-3-27(41)38-16-14-24(26(40)17-38)39-18-32(33,19-39)15-13-25-28(29-30(34)35-20-36-31(29)37(25)2)21-9-11-23(12-10-21)42-22-7-5-4-6-8-22/h3-12,20,24,26,40H,1,14,16-19H2,2H3,(H2,34,35,36). The molecule has 9 nitrogen and oxygen atoms in total. The zero-order valence-electron chi connectivity index (χ0n) is 23.2. The Hall–Kier alpha value is -4.72. The molecule has 0 bridgehead atoms. The lowest BCUT2D eigenvalue weighted by molar-refractivity contribution is -0.134. The minimum atomic E-state index is -1.74. The molecule has 2 saturated heterocycles. The Bertz CT molecular complexity index is 1700. The van der Waals surface area contributed by atoms with Crippen molar-refractivity contribution >= 4 is 22.8 Å². The highest BCUT2D eigenvalue weighted by molar-refractivity contribution is 6.03. The van der Waals surface area contributed by atoms with Gasteiger partial charge in [-0.1, -0.05) is 42.8 Å². The monoisotopic (exact) mass is 566 g/mol. The van der Waals surface area contributed by atoms with Crippen LogP contribution in [0.15, 0.2) is 73.6 Å². The van der Waals surface area contributed by atoms with Crippen LogP contribution in [-0.2, 0) is 11.8 Å². The average Bonchev–Trinajstić information content (AvgIpc) is 3.27. The van der Waals surface area contributed by atoms with E-state index in [1.54, 1.807) is 9.47 Å². The molecule has 2 aliphatic heterocycles. The van der Waals surface area contributed by atoms with Crippen molar-refractivity contribution in [2.24, 2.45) is 7.05 Å². The highest BCUT2D eigenvalue weighted by Crippen LogP contribution is 2.37. The number of aliphatic hydroxyl groups excluding tert-OH is 1. The zero-order chi connectivity index (χ0) is 29.4. The summed E-state index contributed by atoms with van der Waals surface area (Å²) in [5.74, 6) is 7.44. The van der Waals surface area contributed by atoms with E-state index in [1.165, 1.54) is 12.4 Å². The van der Waals surface area contributed by atoms with Crippen molar-refractivity contribution in [3.05, 3.63) is 79.3 Å². The van der Waals surface area contributed by atoms with Crippen LogP contribution in [0.25, 0.3) is 22.2 Å². The molecule has 0 radical (unpaired) electrons. The molecular formula is C32H31FN6O3. The highest BCUT2D eigenvalue weighted by Gasteiger charge is 2.48. The van der Waals surface area contributed by atoms with Crippen molar-refractivity contribution in [2.45, 2.75) is 24.2 Å². The maximum Gasteiger partial charge on any atom is 0.246 e. The van der Waals surface area contributed by atoms with Crippen molar-refractivity contribution in [1.29, 1.82) is 0 Å². The molecule has 2 aromatic carbocycles. The number of ether oxygens (including phenoxy) is 1. The molecule has 42 heavy (non-hydrogen) atoms. The lowest BCUT2D eigenvalue weighted by Crippen LogP contribution is -2.66. The van der Waals surface area contributed by atoms with Crippen LogP contribution in [0.1, 0.15) is 12.1 Å². The van der Waals surface area contributed by atoms with Gasteiger partial charge < -0.3 is 25.0 Å². The number of carbonyl (C=O) groups excluding carboxylic acids is 1. The van der Waals surface area contributed by atoms with Crippen LogP contribution in [0, 0.1) is 11.8 Å². The number of aliphatic hydroxyl groups is 1. The quantitative estimate of drug-likeness (QED) is 0.281. The van der Waals surface area contributed by atoms with Gasteiger partial charge in [0.25, 0.3) is 0 Å². The molecule has 1 amide bonds. The van der Waals surface area contributed by atoms with E-state index in [4.69, 9.17) is 10.5 Å². The summed E-state index contributed by atoms with van der Waals surface area (Å²) in [4.78, 5) is 24.0. The number of nitrogens with zero attached hydrogens (tertiary/aromatic N) is 5. The minimum absolute atomic E-state index is 0.0733. The minimum Gasteiger partial charge on any atom is -0.457 e. The Kier molecular flexibility index (Phi) is 7.14. The Morgan fingerprint density at radius 3 is 2.57 bits per heavy atom. The van der Waals surface area contributed by atoms with Gasteiger partial charge in [0.2, 0.25) is 5.91 Å². The first-order chi connectivity index (χ1) is 20.3. The van der Waals surface area contributed by atoms with Crippen molar-refractivity contribution in [3.63, 3.8) is 0 Å². The lowest BCUT2D eigenvalue weighted by atomic mass is 9.89. The number of likely N-dealkylation sites (tertiary alicyclic amines) is 2. The average molecular weight is 567 g/mol. The van der Waals surface area contributed by atoms with Gasteiger partial charge in [0.1, 0.15) is 35.0 Å². The Morgan fingerprint density at radius 2 is 1.88 bits per heavy atom. The van der Waals surface area contributed by atoms with Crippen LogP contribution < -0.4 is 10.5 Å². The van der Waals surface area contributed by atoms with Crippen LogP contribution in [0.3, 0.4) is 0 Å². The first-order valence-electron chi connectivity index (χ1n) is 13.7. The Labute approximate surface area is 243 Å². The molecule has 0 aliphatic carbocycles. The fraction of sp³-hybridized carbons (Fsp3) is 0.281. The zero-order valence-corrected chi connectivity index (χ0v) is 23.2. The first-order valence-corrected chi connectivity index (χ1v) is 13.7. The molecule has 2 aromatic heterocycles. The summed E-state index contributed by atoms with van der Waals surface area (Å²) in [7, 11) is 1.82. The fourth-order valence-electron chi connectivity index (χ4n) is 5.77. The Morgan fingerprint density at radius 1 is 1.17 bits per heavy atom. The van der Waals surface area contributed by atoms with Gasteiger partial charge in [0, 0.05) is 44.8 Å². The molecule has 2 unspecified atom stereocenters. The number of piperidine rings is 1. The van der Waals surface area contributed by atoms with E-state index in [0.29, 0.717) is 41.3 Å². The molecule has 0 spiro atoms. The van der Waals surface area contributed by atoms with Crippen LogP contribution in [0.2, 0.25) is 0 Å². The van der Waals surface area contributed by atoms with Crippen LogP contribution in [-0.4, -0.2) is 79.3 Å². The van der Waals surface area contributed by atoms with E-state index in [0.717, 1.165) is 16.9 Å². The number of rotatable bonds is 5. The number of aryl methyl sites for hydroxylation is 1. The number of alkyl halides is 1. The topological polar surface area (TPSA) is 110 Å². The summed E-state index contributed by atoms with van der Waals surface area (Å²) in [5.41, 5.74) is 7.27. The number of fused-ring (bicyclic) bond motifs is 1. The van der Waals surface area contributed by atoms with Gasteiger partial charge in [-0.2, -0.15) is 0 Å². The maximum atomic E-state index is 15.8. The second kappa shape index (κ2) is 10.9. The van der Waals surface area contributed by atoms with Gasteiger partial charge in [0.15, 0.2) is 5.67 Å². The second-order valence-electron chi connectivity index (χ2n) is 10.7. The van der Waals surface area contributed by atoms with E-state index in [1.807, 2.05) is 66.5 Å². The molecule has 0 saturated carbocycles. The normalized spacial score (nSPS) is 19.9. The highest BCUT2D eigenvalue weighted by atomic mass is 19.1. The number of nitrogens with two attached hydrogens (primary N) is 1. The molecule has 2 aliphatic rings. The molecule has 2 fully saturated rings. The molecule has 214 valence electrons. The van der Waals surface area contributed by atoms with Gasteiger partial charge in [0.05, 0.1) is 11.5 Å². The number of carbonyl (C=O) groups is 1. The number of para-hydroxylation sites is 1. The Balaban J connectivity index is 1.26. The van der Waals surface area contributed by atoms with Gasteiger partial charge in [-0.3, -0.25) is 9.69 Å². The van der Waals surface area contributed by atoms with Crippen LogP contribution in [0.5, 0.6) is 11.5 Å². The van der Waals surface area contributed by atoms with E-state index in [9.17, 15) is 9.90 Å². The number of hydrogen-bond donors (Lipinski definition) is 2. The number of β-amino-alcohol motifs (C(OH)–C–C–N with tert-alkyl or cyclic N) is 1. The van der Waals surface area contributed by atoms with Crippen molar-refractivity contribution in [2.75, 3.05) is 31.9 Å². The van der Waals surface area contributed by atoms with E-state index >= 15 is 4.39 Å². The first kappa shape index (κ1) is 27.4. The largest absolute Gasteiger partial charge is 0.457 e. The fourth-order valence-corrected chi connectivity index (χ4v) is 5.77. The smallest absolute Gasteiger partial charge is 0.246 e. The number of halogens is 1. The van der Waals surface area contributed by atoms with Crippen molar-refractivity contribution < 1.29 is 19.0 Å². The molecule has 6 rings (SSSR count). The second-order valence-corrected chi connectivity index (χ2v) is 10.7. The molecule has 4 heterocycles. The summed E-state index contributed by atoms with van der Waals surface area (Å²) >= 11 is 0. The number of anilines is 1. The van der Waals surface area contributed by atoms with Gasteiger partial charge in [-0.15, -0.1) is 0 Å². The molecule has 3 N–H and O–H groups in total. The third-order valence-electron chi connectivity index (χ3n) is 7.93. The van der Waals surface area contributed by atoms with Crippen LogP contribution >= 0.6 is 0 Å². The molecule has 10 heteroatoms. The molecular weight excluding hydrogens is 535 g/mol. The van der Waals surface area contributed by atoms with Gasteiger partial charge >= 0.3 is 0 Å². The SMILES string of the molecule is C=CC(=O)N1CCC(N2CC(F)(C#Cc3c(-c4ccc(Oc5ccccc5)cc4)c4c(N)ncnc4n3C)C2)C(O)C1. The molecule has 2 atom stereocenters. The third kappa shape index (κ3) is 5.09. The van der Waals surface area contributed by atoms with E-state index in [-0.39, 0.29) is 31.6 Å². The third-order valence-corrected chi connectivity index (χ3v) is 7.93. The van der Waals surface area contributed by atoms with Crippen LogP contribution in [0.4, 0.5) is 10.2 Å². The predicted molar refractivity (Wildman–Crippen MR) is 158 cm³/mol. The van der Waals surface area contributed by atoms with Gasteiger partial charge in [-0.05, 0) is 48.2 Å². The maximum absolute atomic E-state index is 15.8. The summed E-state index contributed by atoms with van der Waals surface area (Å²) in [6, 6.07) is 16.8. The predicted octanol–water partition coefficient (Wildman–Crippen LogP) is 3.53. The summed E-state index contributed by atoms with van der Waals surface area (Å²) in [6.07, 6.45) is 2.43.